The molecule has 0 N–H and O–H groups in total. The lowest BCUT2D eigenvalue weighted by molar-refractivity contribution is 1.28. The molecule has 0 radical (unpaired) electrons. The second kappa shape index (κ2) is 7.86. The van der Waals surface area contributed by atoms with Crippen LogP contribution in [-0.2, 0) is 0 Å². The average molecular weight is 462 g/mol. The van der Waals surface area contributed by atoms with Crippen molar-refractivity contribution in [3.05, 3.63) is 119 Å². The Morgan fingerprint density at radius 3 is 1.17 bits per heavy atom. The van der Waals surface area contributed by atoms with E-state index >= 15 is 0 Å². The van der Waals surface area contributed by atoms with E-state index < -0.39 is 15.2 Å². The molecular formula is C26H22Cl2Si2. The van der Waals surface area contributed by atoms with E-state index in [-0.39, 0.29) is 0 Å². The van der Waals surface area contributed by atoms with Gasteiger partial charge in [-0.15, -0.1) is 0 Å². The Balaban J connectivity index is 1.91. The fraction of sp³-hybridized carbons (Fsp3) is 0.0769. The van der Waals surface area contributed by atoms with Gasteiger partial charge in [-0.25, -0.2) is 0 Å². The van der Waals surface area contributed by atoms with Gasteiger partial charge in [-0.1, -0.05) is 143 Å². The van der Waals surface area contributed by atoms with Crippen LogP contribution in [0, 0.1) is 0 Å². The van der Waals surface area contributed by atoms with E-state index in [0.29, 0.717) is 0 Å². The summed E-state index contributed by atoms with van der Waals surface area (Å²) >= 11 is 13.9. The van der Waals surface area contributed by atoms with Crippen LogP contribution < -0.4 is 20.7 Å². The zero-order valence-corrected chi connectivity index (χ0v) is 20.1. The summed E-state index contributed by atoms with van der Waals surface area (Å²) in [6.07, 6.45) is 0. The van der Waals surface area contributed by atoms with E-state index in [9.17, 15) is 0 Å². The minimum absolute atomic E-state index is 0.882. The maximum atomic E-state index is 6.94. The second-order valence-corrected chi connectivity index (χ2v) is 20.8. The molecule has 0 aliphatic carbocycles. The molecule has 1 aliphatic heterocycles. The van der Waals surface area contributed by atoms with Crippen LogP contribution in [0.2, 0.25) is 22.1 Å². The zero-order valence-electron chi connectivity index (χ0n) is 16.6. The van der Waals surface area contributed by atoms with Crippen LogP contribution in [0.5, 0.6) is 0 Å². The van der Waals surface area contributed by atoms with E-state index in [4.69, 9.17) is 23.2 Å². The van der Waals surface area contributed by atoms with Crippen molar-refractivity contribution in [2.75, 3.05) is 0 Å². The number of hydrogen-bond donors (Lipinski definition) is 0. The highest BCUT2D eigenvalue weighted by molar-refractivity contribution is 7.63. The van der Waals surface area contributed by atoms with Gasteiger partial charge in [-0.3, -0.25) is 0 Å². The van der Waals surface area contributed by atoms with Gasteiger partial charge in [0.2, 0.25) is 0 Å². The van der Waals surface area contributed by atoms with Crippen LogP contribution in [0.1, 0.15) is 0 Å². The predicted octanol–water partition coefficient (Wildman–Crippen LogP) is 4.91. The average Bonchev–Trinajstić information content (AvgIpc) is 2.78. The quantitative estimate of drug-likeness (QED) is 0.379. The molecule has 148 valence electrons. The summed E-state index contributed by atoms with van der Waals surface area (Å²) in [6.45, 7) is 0. The van der Waals surface area contributed by atoms with Gasteiger partial charge in [0.15, 0.2) is 0 Å². The van der Waals surface area contributed by atoms with Crippen molar-refractivity contribution >= 4 is 59.1 Å². The van der Waals surface area contributed by atoms with Gasteiger partial charge in [-0.05, 0) is 22.5 Å². The first-order chi connectivity index (χ1) is 14.7. The maximum absolute atomic E-state index is 6.94. The third-order valence-electron chi connectivity index (χ3n) is 6.80. The number of rotatable bonds is 4. The summed E-state index contributed by atoms with van der Waals surface area (Å²) in [5.74, 6) is 0. The third-order valence-corrected chi connectivity index (χ3v) is 26.3. The van der Waals surface area contributed by atoms with Gasteiger partial charge in [0.1, 0.15) is 15.2 Å². The Kier molecular flexibility index (Phi) is 5.20. The lowest BCUT2D eigenvalue weighted by Crippen LogP contribution is -2.91. The van der Waals surface area contributed by atoms with Crippen LogP contribution in [0.3, 0.4) is 0 Å². The molecule has 0 saturated carbocycles. The minimum Gasteiger partial charge on any atom is -0.0845 e. The van der Waals surface area contributed by atoms with Crippen LogP contribution in [0.15, 0.2) is 109 Å². The highest BCUT2D eigenvalue weighted by Gasteiger charge is 2.66. The van der Waals surface area contributed by atoms with Crippen molar-refractivity contribution in [2.24, 2.45) is 0 Å². The van der Waals surface area contributed by atoms with Gasteiger partial charge in [0.05, 0.1) is 0 Å². The van der Waals surface area contributed by atoms with E-state index in [2.05, 4.69) is 97.1 Å². The number of benzene rings is 4. The molecule has 0 amide bonds. The summed E-state index contributed by atoms with van der Waals surface area (Å²) in [6, 6.07) is 41.7. The first-order valence-corrected chi connectivity index (χ1v) is 16.5. The molecule has 5 rings (SSSR count). The molecule has 4 aromatic rings. The molecule has 1 saturated heterocycles. The van der Waals surface area contributed by atoms with Gasteiger partial charge in [-0.2, -0.15) is 0 Å². The van der Waals surface area contributed by atoms with Crippen LogP contribution in [0.4, 0.5) is 0 Å². The molecule has 4 heteroatoms. The van der Waals surface area contributed by atoms with Gasteiger partial charge in [0, 0.05) is 10.0 Å². The van der Waals surface area contributed by atoms with Gasteiger partial charge < -0.3 is 0 Å². The Hall–Kier alpha value is -2.11. The van der Waals surface area contributed by atoms with E-state index in [1.807, 2.05) is 12.1 Å². The van der Waals surface area contributed by atoms with Crippen molar-refractivity contribution in [2.45, 2.75) is 12.1 Å². The summed E-state index contributed by atoms with van der Waals surface area (Å²) in [5.41, 5.74) is 0. The zero-order chi connectivity index (χ0) is 20.6. The molecule has 30 heavy (non-hydrogen) atoms. The first-order valence-electron chi connectivity index (χ1n) is 10.3. The molecule has 4 aromatic carbocycles. The van der Waals surface area contributed by atoms with Crippen molar-refractivity contribution in [1.29, 1.82) is 0 Å². The molecule has 1 aliphatic rings. The lowest BCUT2D eigenvalue weighted by atomic mass is 10.3. The highest BCUT2D eigenvalue weighted by atomic mass is 35.5. The standard InChI is InChI=1S/C26H22Cl2Si2/c27-23-15-7-9-17-25(23)30(26-18-10-8-16-24(26)28)20-19-29(30,21-11-3-1-4-12-21)22-13-5-2-6-14-22/h1-18H,19-20H2. The summed E-state index contributed by atoms with van der Waals surface area (Å²) in [5, 5.41) is 7.43. The van der Waals surface area contributed by atoms with E-state index in [0.717, 1.165) is 10.0 Å². The first kappa shape index (κ1) is 19.8. The fourth-order valence-electron chi connectivity index (χ4n) is 5.51. The normalized spacial score (nSPS) is 16.6. The molecule has 0 bridgehead atoms. The van der Waals surface area contributed by atoms with Crippen molar-refractivity contribution in [1.82, 2.24) is 0 Å². The largest absolute Gasteiger partial charge is 0.124 e. The van der Waals surface area contributed by atoms with Gasteiger partial charge >= 0.3 is 0 Å². The summed E-state index contributed by atoms with van der Waals surface area (Å²) in [4.78, 5) is 0. The highest BCUT2D eigenvalue weighted by Crippen LogP contribution is 2.42. The summed E-state index contributed by atoms with van der Waals surface area (Å²) < 4.78 is 0. The molecule has 0 unspecified atom stereocenters. The predicted molar refractivity (Wildman–Crippen MR) is 135 cm³/mol. The maximum Gasteiger partial charge on any atom is 0.124 e. The SMILES string of the molecule is Clc1ccccc1[Si]1(c2ccccc2Cl)CC[Si]1(c1ccccc1)c1ccccc1. The smallest absolute Gasteiger partial charge is 0.0845 e. The minimum atomic E-state index is -2.27. The van der Waals surface area contributed by atoms with Crippen LogP contribution >= 0.6 is 23.2 Å². The molecule has 0 nitrogen and oxygen atoms in total. The molecule has 1 fully saturated rings. The lowest BCUT2D eigenvalue weighted by Gasteiger charge is -2.58. The second-order valence-electron chi connectivity index (χ2n) is 8.00. The fourth-order valence-corrected chi connectivity index (χ4v) is 27.2. The monoisotopic (exact) mass is 460 g/mol. The van der Waals surface area contributed by atoms with Crippen molar-refractivity contribution in [3.8, 4) is 0 Å². The molecule has 0 atom stereocenters. The van der Waals surface area contributed by atoms with E-state index in [1.165, 1.54) is 32.8 Å². The number of halogens is 2. The van der Waals surface area contributed by atoms with Crippen LogP contribution in [0.25, 0.3) is 0 Å². The topological polar surface area (TPSA) is 0 Å². The molecular weight excluding hydrogens is 439 g/mol. The Morgan fingerprint density at radius 2 is 0.800 bits per heavy atom. The number of hydrogen-bond acceptors (Lipinski definition) is 0. The van der Waals surface area contributed by atoms with Crippen molar-refractivity contribution in [3.63, 3.8) is 0 Å². The molecule has 0 spiro atoms. The third kappa shape index (κ3) is 2.79. The van der Waals surface area contributed by atoms with E-state index in [1.54, 1.807) is 0 Å². The van der Waals surface area contributed by atoms with Gasteiger partial charge in [0.25, 0.3) is 0 Å². The van der Waals surface area contributed by atoms with Crippen LogP contribution in [-0.4, -0.2) is 15.2 Å². The molecule has 1 heterocycles. The summed E-state index contributed by atoms with van der Waals surface area (Å²) in [7, 11) is -4.42. The Labute approximate surface area is 189 Å². The Bertz CT molecular complexity index is 1090. The van der Waals surface area contributed by atoms with Crippen molar-refractivity contribution < 1.29 is 0 Å². The molecule has 0 aromatic heterocycles. The Morgan fingerprint density at radius 1 is 0.433 bits per heavy atom.